The second-order valence-corrected chi connectivity index (χ2v) is 14.2. The predicted octanol–water partition coefficient (Wildman–Crippen LogP) is 3.74. The van der Waals surface area contributed by atoms with Crippen LogP contribution >= 0.6 is 0 Å². The van der Waals surface area contributed by atoms with E-state index >= 15 is 0 Å². The van der Waals surface area contributed by atoms with E-state index in [9.17, 15) is 0 Å². The van der Waals surface area contributed by atoms with Crippen molar-refractivity contribution in [2.24, 2.45) is 40.7 Å². The Labute approximate surface area is 202 Å². The molecular weight excluding hydrogens is 406 g/mol. The van der Waals surface area contributed by atoms with Crippen molar-refractivity contribution in [1.29, 1.82) is 0 Å². The summed E-state index contributed by atoms with van der Waals surface area (Å²) in [6.07, 6.45) is 24.3. The number of rotatable bonds is 4. The van der Waals surface area contributed by atoms with Crippen molar-refractivity contribution < 1.29 is 15.8 Å². The Morgan fingerprint density at radius 3 is 2.36 bits per heavy atom. The molecule has 4 aliphatic carbocycles. The van der Waals surface area contributed by atoms with E-state index in [0.717, 1.165) is 23.7 Å². The molecular formula is C29H53N3O+2. The SMILES string of the molecule is CC1(C2CCCC2)OC2(C3CC(CC4CCC(N)[NH2+]C4)CC4(CCCC4)C3)CCC1C([NH3+])C2. The second-order valence-electron chi connectivity index (χ2n) is 14.2. The highest BCUT2D eigenvalue weighted by Gasteiger charge is 2.64. The minimum Gasteiger partial charge on any atom is -0.367 e. The lowest BCUT2D eigenvalue weighted by Crippen LogP contribution is -2.95. The van der Waals surface area contributed by atoms with E-state index in [1.807, 2.05) is 0 Å². The first-order valence-electron chi connectivity index (χ1n) is 15.0. The topological polar surface area (TPSA) is 79.5 Å². The predicted molar refractivity (Wildman–Crippen MR) is 132 cm³/mol. The molecule has 3 aliphatic heterocycles. The fraction of sp³-hybridized carbons (Fsp3) is 1.00. The van der Waals surface area contributed by atoms with Crippen LogP contribution in [-0.2, 0) is 4.74 Å². The minimum absolute atomic E-state index is 0.101. The van der Waals surface area contributed by atoms with E-state index in [-0.39, 0.29) is 11.2 Å². The molecule has 0 aromatic carbocycles. The Kier molecular flexibility index (Phi) is 6.16. The first kappa shape index (κ1) is 23.3. The average Bonchev–Trinajstić information content (AvgIpc) is 3.48. The third kappa shape index (κ3) is 4.13. The van der Waals surface area contributed by atoms with Gasteiger partial charge in [0.1, 0.15) is 6.17 Å². The van der Waals surface area contributed by atoms with E-state index in [2.05, 4.69) is 12.2 Å². The van der Waals surface area contributed by atoms with Crippen LogP contribution in [0.25, 0.3) is 0 Å². The van der Waals surface area contributed by atoms with Crippen molar-refractivity contribution in [1.82, 2.24) is 0 Å². The average molecular weight is 460 g/mol. The van der Waals surface area contributed by atoms with Gasteiger partial charge >= 0.3 is 0 Å². The van der Waals surface area contributed by atoms with Crippen LogP contribution in [0.15, 0.2) is 0 Å². The van der Waals surface area contributed by atoms with Crippen molar-refractivity contribution in [3.05, 3.63) is 0 Å². The maximum absolute atomic E-state index is 7.55. The molecule has 0 aromatic rings. The van der Waals surface area contributed by atoms with Crippen LogP contribution in [0.1, 0.15) is 116 Å². The van der Waals surface area contributed by atoms with Crippen molar-refractivity contribution >= 4 is 0 Å². The molecule has 1 spiro atoms. The lowest BCUT2D eigenvalue weighted by atomic mass is 9.53. The number of fused-ring (bicyclic) bond motifs is 3. The maximum Gasteiger partial charge on any atom is 0.137 e. The molecule has 0 amide bonds. The van der Waals surface area contributed by atoms with E-state index in [0.29, 0.717) is 23.5 Å². The summed E-state index contributed by atoms with van der Waals surface area (Å²) in [5, 5.41) is 2.42. The van der Waals surface area contributed by atoms with Crippen LogP contribution in [0.5, 0.6) is 0 Å². The Morgan fingerprint density at radius 2 is 1.67 bits per heavy atom. The van der Waals surface area contributed by atoms with E-state index in [1.165, 1.54) is 116 Å². The molecule has 7 N–H and O–H groups in total. The molecule has 33 heavy (non-hydrogen) atoms. The zero-order valence-corrected chi connectivity index (χ0v) is 21.5. The fourth-order valence-electron chi connectivity index (χ4n) is 10.6. The number of quaternary nitrogens is 2. The smallest absolute Gasteiger partial charge is 0.137 e. The third-order valence-corrected chi connectivity index (χ3v) is 12.2. The van der Waals surface area contributed by atoms with Crippen molar-refractivity contribution in [2.45, 2.75) is 139 Å². The van der Waals surface area contributed by atoms with Gasteiger partial charge in [-0.15, -0.1) is 0 Å². The van der Waals surface area contributed by atoms with Gasteiger partial charge in [0, 0.05) is 24.7 Å². The lowest BCUT2D eigenvalue weighted by molar-refractivity contribution is -0.703. The molecule has 3 saturated heterocycles. The van der Waals surface area contributed by atoms with Crippen molar-refractivity contribution in [2.75, 3.05) is 6.54 Å². The van der Waals surface area contributed by atoms with Crippen LogP contribution in [0.4, 0.5) is 0 Å². The van der Waals surface area contributed by atoms with Crippen molar-refractivity contribution in [3.63, 3.8) is 0 Å². The maximum atomic E-state index is 7.55. The highest BCUT2D eigenvalue weighted by Crippen LogP contribution is 2.63. The monoisotopic (exact) mass is 459 g/mol. The van der Waals surface area contributed by atoms with Gasteiger partial charge in [0.2, 0.25) is 0 Å². The Morgan fingerprint density at radius 1 is 0.879 bits per heavy atom. The van der Waals surface area contributed by atoms with Crippen LogP contribution in [-0.4, -0.2) is 30.0 Å². The molecule has 2 bridgehead atoms. The van der Waals surface area contributed by atoms with Gasteiger partial charge in [-0.3, -0.25) is 5.73 Å². The Hall–Kier alpha value is -0.160. The van der Waals surface area contributed by atoms with Gasteiger partial charge in [-0.2, -0.15) is 0 Å². The molecule has 7 aliphatic rings. The molecule has 4 saturated carbocycles. The van der Waals surface area contributed by atoms with Crippen LogP contribution in [0.3, 0.4) is 0 Å². The summed E-state index contributed by atoms with van der Waals surface area (Å²) in [4.78, 5) is 0. The fourth-order valence-corrected chi connectivity index (χ4v) is 10.6. The second kappa shape index (κ2) is 8.75. The summed E-state index contributed by atoms with van der Waals surface area (Å²) < 4.78 is 7.55. The first-order chi connectivity index (χ1) is 15.9. The Bertz CT molecular complexity index is 693. The number of hydrogen-bond acceptors (Lipinski definition) is 2. The number of nitrogens with two attached hydrogens (primary N) is 2. The summed E-state index contributed by atoms with van der Waals surface area (Å²) in [5.74, 6) is 4.05. The summed E-state index contributed by atoms with van der Waals surface area (Å²) in [6.45, 7) is 3.80. The van der Waals surface area contributed by atoms with E-state index < -0.39 is 0 Å². The van der Waals surface area contributed by atoms with Gasteiger partial charge in [0.15, 0.2) is 0 Å². The lowest BCUT2D eigenvalue weighted by Gasteiger charge is -2.63. The van der Waals surface area contributed by atoms with Gasteiger partial charge in [0.05, 0.1) is 23.8 Å². The Balaban J connectivity index is 1.25. The minimum atomic E-state index is 0.101. The molecule has 8 atom stereocenters. The first-order valence-corrected chi connectivity index (χ1v) is 15.0. The molecule has 4 nitrogen and oxygen atoms in total. The zero-order valence-electron chi connectivity index (χ0n) is 21.5. The zero-order chi connectivity index (χ0) is 22.7. The summed E-state index contributed by atoms with van der Waals surface area (Å²) >= 11 is 0. The van der Waals surface area contributed by atoms with Gasteiger partial charge in [-0.1, -0.05) is 25.7 Å². The summed E-state index contributed by atoms with van der Waals surface area (Å²) in [5.41, 5.74) is 11.9. The van der Waals surface area contributed by atoms with Gasteiger partial charge < -0.3 is 15.8 Å². The van der Waals surface area contributed by atoms with E-state index in [1.54, 1.807) is 0 Å². The van der Waals surface area contributed by atoms with Gasteiger partial charge in [-0.05, 0) is 101 Å². The standard InChI is InChI=1S/C29H51N3O/c1-27(22-6-2-3-7-22)24-10-13-29(33-27,18-25(24)30)23-15-21(14-20-8-9-26(31)32-19-20)16-28(17-23)11-4-5-12-28/h20-26,32H,2-19,30-31H2,1H3/p+2. The number of hydrogen-bond donors (Lipinski definition) is 3. The van der Waals surface area contributed by atoms with Gasteiger partial charge in [0.25, 0.3) is 0 Å². The summed E-state index contributed by atoms with van der Waals surface area (Å²) in [7, 11) is 0. The van der Waals surface area contributed by atoms with E-state index in [4.69, 9.17) is 16.2 Å². The number of piperidine rings is 1. The van der Waals surface area contributed by atoms with Crippen LogP contribution in [0.2, 0.25) is 0 Å². The van der Waals surface area contributed by atoms with Gasteiger partial charge in [-0.25, -0.2) is 0 Å². The highest BCUT2D eigenvalue weighted by atomic mass is 16.5. The van der Waals surface area contributed by atoms with Crippen LogP contribution < -0.4 is 16.8 Å². The molecule has 7 fully saturated rings. The highest BCUT2D eigenvalue weighted by molar-refractivity contribution is 5.12. The molecule has 4 heteroatoms. The molecule has 7 rings (SSSR count). The third-order valence-electron chi connectivity index (χ3n) is 12.2. The summed E-state index contributed by atoms with van der Waals surface area (Å²) in [6, 6.07) is 0.604. The molecule has 188 valence electrons. The molecule has 3 heterocycles. The quantitative estimate of drug-likeness (QED) is 0.599. The largest absolute Gasteiger partial charge is 0.367 e. The molecule has 8 unspecified atom stereocenters. The molecule has 0 radical (unpaired) electrons. The van der Waals surface area contributed by atoms with Crippen molar-refractivity contribution in [3.8, 4) is 0 Å². The van der Waals surface area contributed by atoms with Crippen LogP contribution in [0, 0.1) is 35.0 Å². The number of ether oxygens (including phenoxy) is 1. The molecule has 0 aromatic heterocycles. The normalized spacial score (nSPS) is 50.3.